The number of aryl methyl sites for hydroxylation is 2. The van der Waals surface area contributed by atoms with E-state index in [-0.39, 0.29) is 23.9 Å². The summed E-state index contributed by atoms with van der Waals surface area (Å²) >= 11 is 0. The van der Waals surface area contributed by atoms with Gasteiger partial charge in [0, 0.05) is 26.2 Å². The van der Waals surface area contributed by atoms with Crippen LogP contribution in [0.5, 0.6) is 0 Å². The van der Waals surface area contributed by atoms with Crippen LogP contribution < -0.4 is 4.72 Å². The van der Waals surface area contributed by atoms with E-state index in [1.165, 1.54) is 6.20 Å². The van der Waals surface area contributed by atoms with E-state index in [0.717, 1.165) is 0 Å². The van der Waals surface area contributed by atoms with E-state index in [4.69, 9.17) is 5.11 Å². The molecule has 1 atom stereocenters. The van der Waals surface area contributed by atoms with Gasteiger partial charge >= 0.3 is 5.97 Å². The van der Waals surface area contributed by atoms with Crippen molar-refractivity contribution >= 4 is 16.0 Å². The first-order chi connectivity index (χ1) is 9.61. The van der Waals surface area contributed by atoms with Gasteiger partial charge in [-0.2, -0.15) is 0 Å². The van der Waals surface area contributed by atoms with Crippen LogP contribution in [0.2, 0.25) is 0 Å². The molecule has 1 aromatic rings. The van der Waals surface area contributed by atoms with Gasteiger partial charge in [0.05, 0.1) is 0 Å². The van der Waals surface area contributed by atoms with Crippen LogP contribution in [0, 0.1) is 18.8 Å². The van der Waals surface area contributed by atoms with Crippen molar-refractivity contribution in [2.75, 3.05) is 6.54 Å². The minimum Gasteiger partial charge on any atom is -0.481 e. The Morgan fingerprint density at radius 1 is 1.48 bits per heavy atom. The third kappa shape index (κ3) is 5.47. The van der Waals surface area contributed by atoms with Crippen LogP contribution in [-0.2, 0) is 21.9 Å². The second-order valence-corrected chi connectivity index (χ2v) is 7.40. The molecule has 0 radical (unpaired) electrons. The summed E-state index contributed by atoms with van der Waals surface area (Å²) in [5.74, 6) is -0.258. The molecular formula is C13H23N3O4S. The molecule has 0 saturated heterocycles. The number of carboxylic acid groups (broad SMARTS) is 1. The summed E-state index contributed by atoms with van der Waals surface area (Å²) in [6.07, 6.45) is 2.03. The van der Waals surface area contributed by atoms with E-state index in [1.807, 2.05) is 13.8 Å². The first kappa shape index (κ1) is 17.6. The molecule has 0 fully saturated rings. The van der Waals surface area contributed by atoms with E-state index in [2.05, 4.69) is 9.71 Å². The second-order valence-electron chi connectivity index (χ2n) is 5.68. The fourth-order valence-electron chi connectivity index (χ4n) is 2.11. The van der Waals surface area contributed by atoms with Crippen LogP contribution in [0.4, 0.5) is 0 Å². The van der Waals surface area contributed by atoms with Gasteiger partial charge < -0.3 is 9.67 Å². The van der Waals surface area contributed by atoms with Crippen molar-refractivity contribution in [1.29, 1.82) is 0 Å². The van der Waals surface area contributed by atoms with Gasteiger partial charge in [0.1, 0.15) is 5.82 Å². The maximum absolute atomic E-state index is 12.1. The number of aliphatic carboxylic acids is 1. The molecule has 120 valence electrons. The summed E-state index contributed by atoms with van der Waals surface area (Å²) < 4.78 is 28.4. The molecule has 0 bridgehead atoms. The van der Waals surface area contributed by atoms with Crippen molar-refractivity contribution in [3.8, 4) is 0 Å². The van der Waals surface area contributed by atoms with Gasteiger partial charge in [0.25, 0.3) is 10.0 Å². The zero-order valence-corrected chi connectivity index (χ0v) is 13.6. The van der Waals surface area contributed by atoms with E-state index in [1.54, 1.807) is 18.5 Å². The van der Waals surface area contributed by atoms with Crippen LogP contribution in [0.1, 0.15) is 32.5 Å². The summed E-state index contributed by atoms with van der Waals surface area (Å²) in [7, 11) is -1.99. The van der Waals surface area contributed by atoms with Crippen molar-refractivity contribution in [3.63, 3.8) is 0 Å². The third-order valence-electron chi connectivity index (χ3n) is 3.19. The number of hydrogen-bond donors (Lipinski definition) is 2. The average Bonchev–Trinajstić information content (AvgIpc) is 2.66. The Balaban J connectivity index is 2.75. The number of sulfonamides is 1. The molecule has 8 heteroatoms. The maximum Gasteiger partial charge on any atom is 0.303 e. The van der Waals surface area contributed by atoms with Crippen LogP contribution in [0.3, 0.4) is 0 Å². The Labute approximate surface area is 125 Å². The minimum absolute atomic E-state index is 0.0406. The van der Waals surface area contributed by atoms with E-state index >= 15 is 0 Å². The molecule has 1 heterocycles. The molecule has 2 N–H and O–H groups in total. The van der Waals surface area contributed by atoms with Crippen LogP contribution >= 0.6 is 0 Å². The van der Waals surface area contributed by atoms with E-state index in [9.17, 15) is 13.2 Å². The molecule has 1 aromatic heterocycles. The highest BCUT2D eigenvalue weighted by atomic mass is 32.2. The fraction of sp³-hybridized carbons (Fsp3) is 0.692. The highest BCUT2D eigenvalue weighted by molar-refractivity contribution is 7.89. The number of rotatable bonds is 8. The lowest BCUT2D eigenvalue weighted by Crippen LogP contribution is -2.31. The Hall–Kier alpha value is -1.41. The summed E-state index contributed by atoms with van der Waals surface area (Å²) in [6.45, 7) is 5.77. The number of carboxylic acids is 1. The summed E-state index contributed by atoms with van der Waals surface area (Å²) in [5.41, 5.74) is 0. The highest BCUT2D eigenvalue weighted by Crippen LogP contribution is 2.16. The molecule has 0 saturated carbocycles. The topological polar surface area (TPSA) is 101 Å². The monoisotopic (exact) mass is 317 g/mol. The van der Waals surface area contributed by atoms with E-state index < -0.39 is 16.0 Å². The molecule has 0 spiro atoms. The average molecular weight is 317 g/mol. The molecule has 0 aliphatic heterocycles. The molecule has 0 amide bonds. The lowest BCUT2D eigenvalue weighted by molar-refractivity contribution is -0.138. The lowest BCUT2D eigenvalue weighted by Gasteiger charge is -2.17. The Morgan fingerprint density at radius 2 is 2.10 bits per heavy atom. The summed E-state index contributed by atoms with van der Waals surface area (Å²) in [5, 5.41) is 8.85. The number of nitrogens with zero attached hydrogens (tertiary/aromatic N) is 2. The van der Waals surface area contributed by atoms with Gasteiger partial charge in [-0.3, -0.25) is 4.79 Å². The van der Waals surface area contributed by atoms with Gasteiger partial charge in [-0.25, -0.2) is 18.1 Å². The van der Waals surface area contributed by atoms with Crippen molar-refractivity contribution in [3.05, 3.63) is 12.0 Å². The van der Waals surface area contributed by atoms with Crippen molar-refractivity contribution < 1.29 is 18.3 Å². The Kier molecular flexibility index (Phi) is 5.91. The largest absolute Gasteiger partial charge is 0.481 e. The van der Waals surface area contributed by atoms with Gasteiger partial charge in [0.15, 0.2) is 5.03 Å². The zero-order valence-electron chi connectivity index (χ0n) is 12.8. The Bertz CT molecular complexity index is 573. The van der Waals surface area contributed by atoms with Crippen LogP contribution in [0.15, 0.2) is 11.2 Å². The predicted octanol–water partition coefficient (Wildman–Crippen LogP) is 1.14. The maximum atomic E-state index is 12.1. The molecular weight excluding hydrogens is 294 g/mol. The molecule has 0 aliphatic rings. The van der Waals surface area contributed by atoms with Gasteiger partial charge in [-0.15, -0.1) is 0 Å². The van der Waals surface area contributed by atoms with Crippen LogP contribution in [-0.4, -0.2) is 35.6 Å². The second kappa shape index (κ2) is 7.04. The first-order valence-electron chi connectivity index (χ1n) is 6.83. The number of imidazole rings is 1. The number of nitrogens with one attached hydrogen (secondary N) is 1. The predicted molar refractivity (Wildman–Crippen MR) is 78.3 cm³/mol. The van der Waals surface area contributed by atoms with E-state index in [0.29, 0.717) is 18.2 Å². The molecule has 7 nitrogen and oxygen atoms in total. The smallest absolute Gasteiger partial charge is 0.303 e. The quantitative estimate of drug-likeness (QED) is 0.749. The number of aromatic nitrogens is 2. The van der Waals surface area contributed by atoms with Crippen molar-refractivity contribution in [2.45, 2.75) is 38.6 Å². The SMILES string of the molecule is Cc1nc(S(=O)(=O)NC[C@H](CC(=O)O)CC(C)C)cn1C. The minimum atomic E-state index is -3.70. The third-order valence-corrected chi connectivity index (χ3v) is 4.49. The molecule has 0 aromatic carbocycles. The number of hydrogen-bond acceptors (Lipinski definition) is 4. The standard InChI is InChI=1S/C13H23N3O4S/c1-9(2)5-11(6-13(17)18)7-14-21(19,20)12-8-16(4)10(3)15-12/h8-9,11,14H,5-7H2,1-4H3,(H,17,18)/t11-/m0/s1. The van der Waals surface area contributed by atoms with Crippen molar-refractivity contribution in [2.24, 2.45) is 18.9 Å². The lowest BCUT2D eigenvalue weighted by atomic mass is 9.94. The van der Waals surface area contributed by atoms with Gasteiger partial charge in [0.2, 0.25) is 0 Å². The molecule has 1 rings (SSSR count). The molecule has 0 aliphatic carbocycles. The Morgan fingerprint density at radius 3 is 2.52 bits per heavy atom. The molecule has 21 heavy (non-hydrogen) atoms. The summed E-state index contributed by atoms with van der Waals surface area (Å²) in [4.78, 5) is 14.8. The molecule has 0 unspecified atom stereocenters. The normalized spacial score (nSPS) is 13.6. The highest BCUT2D eigenvalue weighted by Gasteiger charge is 2.22. The van der Waals surface area contributed by atoms with Gasteiger partial charge in [-0.1, -0.05) is 13.8 Å². The van der Waals surface area contributed by atoms with Gasteiger partial charge in [-0.05, 0) is 25.2 Å². The van der Waals surface area contributed by atoms with Crippen LogP contribution in [0.25, 0.3) is 0 Å². The summed E-state index contributed by atoms with van der Waals surface area (Å²) in [6, 6.07) is 0. The van der Waals surface area contributed by atoms with Crippen molar-refractivity contribution in [1.82, 2.24) is 14.3 Å². The zero-order chi connectivity index (χ0) is 16.2. The number of carbonyl (C=O) groups is 1. The fourth-order valence-corrected chi connectivity index (χ4v) is 3.26. The first-order valence-corrected chi connectivity index (χ1v) is 8.31.